The zero-order valence-electron chi connectivity index (χ0n) is 16.6. The second-order valence-corrected chi connectivity index (χ2v) is 11.6. The van der Waals surface area contributed by atoms with E-state index in [4.69, 9.17) is 0 Å². The van der Waals surface area contributed by atoms with Gasteiger partial charge in [-0.2, -0.15) is 4.31 Å². The van der Waals surface area contributed by atoms with Crippen LogP contribution in [0, 0.1) is 17.6 Å². The first kappa shape index (κ1) is 23.0. The van der Waals surface area contributed by atoms with E-state index in [0.29, 0.717) is 25.5 Å². The summed E-state index contributed by atoms with van der Waals surface area (Å²) in [5.41, 5.74) is 0. The van der Waals surface area contributed by atoms with Gasteiger partial charge in [-0.05, 0) is 43.9 Å². The van der Waals surface area contributed by atoms with Crippen LogP contribution in [0.4, 0.5) is 8.78 Å². The van der Waals surface area contributed by atoms with Gasteiger partial charge in [-0.25, -0.2) is 29.9 Å². The molecule has 8 nitrogen and oxygen atoms in total. The summed E-state index contributed by atoms with van der Waals surface area (Å²) in [5, 5.41) is 2.87. The Labute approximate surface area is 175 Å². The van der Waals surface area contributed by atoms with E-state index in [1.807, 2.05) is 0 Å². The Morgan fingerprint density at radius 3 is 2.33 bits per heavy atom. The molecule has 0 bridgehead atoms. The van der Waals surface area contributed by atoms with Crippen molar-refractivity contribution >= 4 is 26.0 Å². The molecule has 1 amide bonds. The van der Waals surface area contributed by atoms with Crippen LogP contribution in [0.5, 0.6) is 0 Å². The number of benzene rings is 1. The van der Waals surface area contributed by atoms with Gasteiger partial charge >= 0.3 is 0 Å². The first-order valence-corrected chi connectivity index (χ1v) is 13.0. The molecular formula is C18H25F2N3O5S2. The fraction of sp³-hybridized carbons (Fsp3) is 0.611. The van der Waals surface area contributed by atoms with Crippen molar-refractivity contribution in [3.63, 3.8) is 0 Å². The topological polar surface area (TPSA) is 104 Å². The molecule has 0 aliphatic carbocycles. The minimum Gasteiger partial charge on any atom is -0.352 e. The molecule has 1 atom stereocenters. The molecule has 2 heterocycles. The minimum absolute atomic E-state index is 0.0104. The second kappa shape index (κ2) is 8.85. The monoisotopic (exact) mass is 465 g/mol. The normalized spacial score (nSPS) is 22.7. The van der Waals surface area contributed by atoms with Crippen LogP contribution in [0.2, 0.25) is 0 Å². The maximum absolute atomic E-state index is 13.9. The Hall–Kier alpha value is -1.63. The van der Waals surface area contributed by atoms with Crippen molar-refractivity contribution in [1.82, 2.24) is 13.9 Å². The molecule has 12 heteroatoms. The van der Waals surface area contributed by atoms with Gasteiger partial charge in [0.2, 0.25) is 26.0 Å². The minimum atomic E-state index is -4.20. The van der Waals surface area contributed by atoms with E-state index in [0.717, 1.165) is 22.7 Å². The number of nitrogens with one attached hydrogen (secondary N) is 1. The van der Waals surface area contributed by atoms with Crippen LogP contribution >= 0.6 is 0 Å². The molecule has 1 aromatic rings. The van der Waals surface area contributed by atoms with Crippen molar-refractivity contribution in [2.45, 2.75) is 36.6 Å². The van der Waals surface area contributed by atoms with E-state index in [1.54, 1.807) is 0 Å². The third-order valence-corrected chi connectivity index (χ3v) is 8.72. The van der Waals surface area contributed by atoms with E-state index in [2.05, 4.69) is 5.32 Å². The lowest BCUT2D eigenvalue weighted by Crippen LogP contribution is -2.51. The molecule has 168 valence electrons. The van der Waals surface area contributed by atoms with Crippen LogP contribution < -0.4 is 5.32 Å². The Morgan fingerprint density at radius 1 is 1.03 bits per heavy atom. The van der Waals surface area contributed by atoms with Gasteiger partial charge in [-0.1, -0.05) is 0 Å². The smallest absolute Gasteiger partial charge is 0.246 e. The quantitative estimate of drug-likeness (QED) is 0.696. The Balaban J connectivity index is 1.58. The Kier molecular flexibility index (Phi) is 6.80. The molecule has 2 aliphatic heterocycles. The first-order valence-electron chi connectivity index (χ1n) is 9.69. The average Bonchev–Trinajstić information content (AvgIpc) is 2.69. The molecule has 30 heavy (non-hydrogen) atoms. The van der Waals surface area contributed by atoms with Crippen LogP contribution in [-0.4, -0.2) is 69.8 Å². The Bertz CT molecular complexity index is 1010. The van der Waals surface area contributed by atoms with Crippen molar-refractivity contribution in [3.8, 4) is 0 Å². The van der Waals surface area contributed by atoms with Gasteiger partial charge in [-0.15, -0.1) is 0 Å². The van der Waals surface area contributed by atoms with Gasteiger partial charge in [-0.3, -0.25) is 4.79 Å². The number of rotatable bonds is 5. The fourth-order valence-corrected chi connectivity index (χ4v) is 6.31. The van der Waals surface area contributed by atoms with Crippen LogP contribution in [-0.2, 0) is 24.8 Å². The predicted molar refractivity (Wildman–Crippen MR) is 105 cm³/mol. The number of sulfonamides is 2. The molecule has 0 spiro atoms. The van der Waals surface area contributed by atoms with Crippen LogP contribution in [0.1, 0.15) is 25.7 Å². The van der Waals surface area contributed by atoms with Gasteiger partial charge in [0.05, 0.1) is 6.26 Å². The molecule has 3 rings (SSSR count). The molecule has 0 radical (unpaired) electrons. The number of carbonyl (C=O) groups is 1. The lowest BCUT2D eigenvalue weighted by molar-refractivity contribution is -0.127. The third-order valence-electron chi connectivity index (χ3n) is 5.54. The lowest BCUT2D eigenvalue weighted by atomic mass is 9.96. The van der Waals surface area contributed by atoms with Gasteiger partial charge in [0.25, 0.3) is 0 Å². The summed E-state index contributed by atoms with van der Waals surface area (Å²) in [6.07, 6.45) is 2.93. The number of hydrogen-bond acceptors (Lipinski definition) is 5. The summed E-state index contributed by atoms with van der Waals surface area (Å²) in [7, 11) is -7.53. The molecule has 2 saturated heterocycles. The maximum atomic E-state index is 13.9. The summed E-state index contributed by atoms with van der Waals surface area (Å²) in [5.74, 6) is -2.55. The average molecular weight is 466 g/mol. The maximum Gasteiger partial charge on any atom is 0.246 e. The van der Waals surface area contributed by atoms with Crippen molar-refractivity contribution < 1.29 is 30.4 Å². The number of hydrogen-bond donors (Lipinski definition) is 1. The molecular weight excluding hydrogens is 440 g/mol. The standard InChI is InChI=1S/C18H25F2N3O5S2/c1-29(25,26)23-8-2-3-15(12-23)21-18(24)13-6-9-22(10-7-13)30(27,28)17-11-14(19)4-5-16(17)20/h4-5,11,13,15H,2-3,6-10,12H2,1H3,(H,21,24). The molecule has 2 fully saturated rings. The summed E-state index contributed by atoms with van der Waals surface area (Å²) in [6.45, 7) is 0.668. The molecule has 1 aromatic carbocycles. The third kappa shape index (κ3) is 5.16. The Morgan fingerprint density at radius 2 is 1.70 bits per heavy atom. The highest BCUT2D eigenvalue weighted by Gasteiger charge is 2.35. The van der Waals surface area contributed by atoms with Crippen LogP contribution in [0.25, 0.3) is 0 Å². The largest absolute Gasteiger partial charge is 0.352 e. The number of carbonyl (C=O) groups excluding carboxylic acids is 1. The van der Waals surface area contributed by atoms with E-state index >= 15 is 0 Å². The van der Waals surface area contributed by atoms with Crippen LogP contribution in [0.3, 0.4) is 0 Å². The van der Waals surface area contributed by atoms with Crippen molar-refractivity contribution in [1.29, 1.82) is 0 Å². The van der Waals surface area contributed by atoms with Crippen molar-refractivity contribution in [3.05, 3.63) is 29.8 Å². The SMILES string of the molecule is CS(=O)(=O)N1CCCC(NC(=O)C2CCN(S(=O)(=O)c3cc(F)ccc3F)CC2)C1. The van der Waals surface area contributed by atoms with E-state index in [1.165, 1.54) is 4.31 Å². The zero-order valence-corrected chi connectivity index (χ0v) is 18.2. The van der Waals surface area contributed by atoms with Crippen LogP contribution in [0.15, 0.2) is 23.1 Å². The highest BCUT2D eigenvalue weighted by Crippen LogP contribution is 2.26. The highest BCUT2D eigenvalue weighted by molar-refractivity contribution is 7.89. The molecule has 1 unspecified atom stereocenters. The number of piperidine rings is 2. The van der Waals surface area contributed by atoms with Crippen molar-refractivity contribution in [2.24, 2.45) is 5.92 Å². The predicted octanol–water partition coefficient (Wildman–Crippen LogP) is 0.906. The lowest BCUT2D eigenvalue weighted by Gasteiger charge is -2.34. The summed E-state index contributed by atoms with van der Waals surface area (Å²) >= 11 is 0. The summed E-state index contributed by atoms with van der Waals surface area (Å²) in [4.78, 5) is 11.9. The summed E-state index contributed by atoms with van der Waals surface area (Å²) < 4.78 is 78.4. The van der Waals surface area contributed by atoms with Gasteiger partial charge in [0.1, 0.15) is 16.5 Å². The summed E-state index contributed by atoms with van der Waals surface area (Å²) in [6, 6.07) is 1.98. The first-order chi connectivity index (χ1) is 14.0. The van der Waals surface area contributed by atoms with Gasteiger partial charge in [0, 0.05) is 38.1 Å². The molecule has 0 saturated carbocycles. The van der Waals surface area contributed by atoms with E-state index in [-0.39, 0.29) is 44.4 Å². The molecule has 1 N–H and O–H groups in total. The number of halogens is 2. The van der Waals surface area contributed by atoms with Gasteiger partial charge in [0.15, 0.2) is 0 Å². The number of nitrogens with zero attached hydrogens (tertiary/aromatic N) is 2. The highest BCUT2D eigenvalue weighted by atomic mass is 32.2. The zero-order chi connectivity index (χ0) is 22.1. The van der Waals surface area contributed by atoms with E-state index < -0.39 is 42.5 Å². The molecule has 0 aromatic heterocycles. The second-order valence-electron chi connectivity index (χ2n) is 7.72. The fourth-order valence-electron chi connectivity index (χ4n) is 3.85. The van der Waals surface area contributed by atoms with Crippen molar-refractivity contribution in [2.75, 3.05) is 32.4 Å². The molecule has 2 aliphatic rings. The number of amides is 1. The van der Waals surface area contributed by atoms with Gasteiger partial charge < -0.3 is 5.32 Å². The van der Waals surface area contributed by atoms with E-state index in [9.17, 15) is 30.4 Å².